The Balaban J connectivity index is 1.61. The number of fused-ring (bicyclic) bond motifs is 3. The number of halogens is 3. The average Bonchev–Trinajstić information content (AvgIpc) is 3.13. The Labute approximate surface area is 181 Å². The molecule has 0 bridgehead atoms. The van der Waals surface area contributed by atoms with Crippen molar-refractivity contribution in [2.75, 3.05) is 0 Å². The molecule has 3 aromatic rings. The van der Waals surface area contributed by atoms with Gasteiger partial charge in [-0.1, -0.05) is 56.9 Å². The highest BCUT2D eigenvalue weighted by Gasteiger charge is 2.26. The minimum atomic E-state index is -0.569. The number of hydrogen-bond donors (Lipinski definition) is 0. The highest BCUT2D eigenvalue weighted by atomic mass is 19.1. The largest absolute Gasteiger partial charge is 0.207 e. The maximum Gasteiger partial charge on any atom is 0.141 e. The van der Waals surface area contributed by atoms with Gasteiger partial charge in [0.15, 0.2) is 0 Å². The molecule has 1 aliphatic rings. The van der Waals surface area contributed by atoms with Crippen LogP contribution in [0.2, 0.25) is 0 Å². The van der Waals surface area contributed by atoms with Crippen molar-refractivity contribution in [3.05, 3.63) is 82.2 Å². The van der Waals surface area contributed by atoms with Crippen molar-refractivity contribution in [3.8, 4) is 28.3 Å². The molecule has 0 aromatic heterocycles. The molecule has 0 radical (unpaired) electrons. The first-order valence-corrected chi connectivity index (χ1v) is 10.9. The summed E-state index contributed by atoms with van der Waals surface area (Å²) in [6.07, 6.45) is 5.96. The lowest BCUT2D eigenvalue weighted by Gasteiger charge is -2.10. The molecule has 4 heteroatoms. The molecule has 4 rings (SSSR count). The van der Waals surface area contributed by atoms with Crippen LogP contribution in [0.1, 0.15) is 61.3 Å². The molecular weight excluding hydrogens is 395 g/mol. The van der Waals surface area contributed by atoms with Crippen LogP contribution in [0.5, 0.6) is 0 Å². The third-order valence-electron chi connectivity index (χ3n) is 6.13. The zero-order valence-electron chi connectivity index (χ0n) is 17.6. The van der Waals surface area contributed by atoms with E-state index in [1.807, 2.05) is 24.3 Å². The Morgan fingerprint density at radius 2 is 1.58 bits per heavy atom. The summed E-state index contributed by atoms with van der Waals surface area (Å²) in [5.41, 5.74) is 4.49. The molecule has 1 aliphatic carbocycles. The first-order chi connectivity index (χ1) is 15.0. The second-order valence-electron chi connectivity index (χ2n) is 8.20. The Hall–Kier alpha value is -3.06. The third kappa shape index (κ3) is 4.10. The van der Waals surface area contributed by atoms with Crippen LogP contribution in [0.3, 0.4) is 0 Å². The van der Waals surface area contributed by atoms with Crippen molar-refractivity contribution in [2.24, 2.45) is 0 Å². The molecule has 158 valence electrons. The van der Waals surface area contributed by atoms with Crippen molar-refractivity contribution in [1.82, 2.24) is 0 Å². The van der Waals surface area contributed by atoms with Crippen LogP contribution < -0.4 is 0 Å². The summed E-state index contributed by atoms with van der Waals surface area (Å²) >= 11 is 0. The zero-order valence-corrected chi connectivity index (χ0v) is 17.6. The van der Waals surface area contributed by atoms with Gasteiger partial charge >= 0.3 is 0 Å². The fraction of sp³-hybridized carbons (Fsp3) is 0.296. The van der Waals surface area contributed by atoms with E-state index in [1.54, 1.807) is 6.07 Å². The van der Waals surface area contributed by atoms with Gasteiger partial charge in [0.05, 0.1) is 5.56 Å². The third-order valence-corrected chi connectivity index (χ3v) is 6.13. The van der Waals surface area contributed by atoms with Gasteiger partial charge in [-0.05, 0) is 58.9 Å². The molecule has 0 heterocycles. The maximum atomic E-state index is 15.2. The summed E-state index contributed by atoms with van der Waals surface area (Å²) in [5, 5.41) is 8.91. The molecule has 0 unspecified atom stereocenters. The van der Waals surface area contributed by atoms with E-state index in [-0.39, 0.29) is 11.1 Å². The Kier molecular flexibility index (Phi) is 6.13. The SMILES string of the molecule is CCCCCCCc1c(F)cc2c(c1F)Cc1cc(-c3ccc(C#N)c(F)c3)ccc1-2. The molecule has 0 atom stereocenters. The Morgan fingerprint density at radius 1 is 0.839 bits per heavy atom. The quantitative estimate of drug-likeness (QED) is 0.281. The van der Waals surface area contributed by atoms with Gasteiger partial charge in [-0.25, -0.2) is 13.2 Å². The average molecular weight is 419 g/mol. The van der Waals surface area contributed by atoms with Gasteiger partial charge in [0.25, 0.3) is 0 Å². The minimum Gasteiger partial charge on any atom is -0.207 e. The van der Waals surface area contributed by atoms with Crippen molar-refractivity contribution >= 4 is 0 Å². The van der Waals surface area contributed by atoms with E-state index in [9.17, 15) is 8.78 Å². The van der Waals surface area contributed by atoms with Crippen LogP contribution in [0.25, 0.3) is 22.3 Å². The van der Waals surface area contributed by atoms with Crippen LogP contribution in [-0.4, -0.2) is 0 Å². The van der Waals surface area contributed by atoms with Gasteiger partial charge in [0.2, 0.25) is 0 Å². The molecule has 31 heavy (non-hydrogen) atoms. The molecule has 0 saturated carbocycles. The number of hydrogen-bond acceptors (Lipinski definition) is 1. The maximum absolute atomic E-state index is 15.2. The summed E-state index contributed by atoms with van der Waals surface area (Å²) in [5.74, 6) is -1.47. The molecule has 0 amide bonds. The van der Waals surface area contributed by atoms with E-state index < -0.39 is 17.5 Å². The van der Waals surface area contributed by atoms with Gasteiger partial charge in [-0.2, -0.15) is 5.26 Å². The number of benzene rings is 3. The topological polar surface area (TPSA) is 23.8 Å². The summed E-state index contributed by atoms with van der Waals surface area (Å²) in [7, 11) is 0. The molecule has 3 aromatic carbocycles. The van der Waals surface area contributed by atoms with E-state index in [2.05, 4.69) is 6.92 Å². The van der Waals surface area contributed by atoms with Crippen LogP contribution >= 0.6 is 0 Å². The van der Waals surface area contributed by atoms with Crippen molar-refractivity contribution < 1.29 is 13.2 Å². The van der Waals surface area contributed by atoms with Crippen LogP contribution in [-0.2, 0) is 12.8 Å². The van der Waals surface area contributed by atoms with E-state index in [1.165, 1.54) is 18.2 Å². The van der Waals surface area contributed by atoms with Crippen molar-refractivity contribution in [3.63, 3.8) is 0 Å². The van der Waals surface area contributed by atoms with Crippen LogP contribution in [0.4, 0.5) is 13.2 Å². The van der Waals surface area contributed by atoms with Crippen LogP contribution in [0.15, 0.2) is 42.5 Å². The second kappa shape index (κ2) is 8.98. The number of nitrogens with zero attached hydrogens (tertiary/aromatic N) is 1. The molecular formula is C27H24F3N. The number of rotatable bonds is 7. The van der Waals surface area contributed by atoms with E-state index in [0.717, 1.165) is 48.8 Å². The fourth-order valence-electron chi connectivity index (χ4n) is 4.41. The minimum absolute atomic E-state index is 0.00270. The smallest absolute Gasteiger partial charge is 0.141 e. The highest BCUT2D eigenvalue weighted by molar-refractivity contribution is 5.81. The monoisotopic (exact) mass is 419 g/mol. The van der Waals surface area contributed by atoms with Gasteiger partial charge in [0.1, 0.15) is 23.5 Å². The molecule has 1 nitrogen and oxygen atoms in total. The number of nitriles is 1. The first-order valence-electron chi connectivity index (χ1n) is 10.9. The molecule has 0 fully saturated rings. The number of unbranched alkanes of at least 4 members (excludes halogenated alkanes) is 4. The summed E-state index contributed by atoms with van der Waals surface area (Å²) in [6, 6.07) is 13.3. The predicted molar refractivity (Wildman–Crippen MR) is 117 cm³/mol. The normalized spacial score (nSPS) is 11.8. The molecule has 0 spiro atoms. The lowest BCUT2D eigenvalue weighted by Crippen LogP contribution is -2.01. The summed E-state index contributed by atoms with van der Waals surface area (Å²) in [6.45, 7) is 2.14. The highest BCUT2D eigenvalue weighted by Crippen LogP contribution is 2.41. The lowest BCUT2D eigenvalue weighted by molar-refractivity contribution is 0.536. The summed E-state index contributed by atoms with van der Waals surface area (Å²) < 4.78 is 44.0. The second-order valence-corrected chi connectivity index (χ2v) is 8.20. The standard InChI is InChI=1S/C27H24F3N/c1-2-3-4-5-6-7-22-26(29)15-23-21-11-10-17(12-20(21)13-24(23)27(22)30)18-8-9-19(16-31)25(28)14-18/h8-12,14-15H,2-7,13H2,1H3. The molecule has 0 aliphatic heterocycles. The van der Waals surface area contributed by atoms with Crippen molar-refractivity contribution in [2.45, 2.75) is 51.9 Å². The summed E-state index contributed by atoms with van der Waals surface area (Å²) in [4.78, 5) is 0. The lowest BCUT2D eigenvalue weighted by atomic mass is 9.97. The predicted octanol–water partition coefficient (Wildman–Crippen LogP) is 7.73. The van der Waals surface area contributed by atoms with Gasteiger partial charge in [0, 0.05) is 17.5 Å². The van der Waals surface area contributed by atoms with Crippen LogP contribution in [0, 0.1) is 28.8 Å². The molecule has 0 N–H and O–H groups in total. The Bertz CT molecular complexity index is 1170. The first kappa shape index (κ1) is 21.2. The van der Waals surface area contributed by atoms with E-state index in [0.29, 0.717) is 29.5 Å². The molecule has 0 saturated heterocycles. The van der Waals surface area contributed by atoms with E-state index in [4.69, 9.17) is 5.26 Å². The van der Waals surface area contributed by atoms with E-state index >= 15 is 4.39 Å². The zero-order chi connectivity index (χ0) is 22.0. The van der Waals surface area contributed by atoms with Gasteiger partial charge in [-0.3, -0.25) is 0 Å². The van der Waals surface area contributed by atoms with Crippen molar-refractivity contribution in [1.29, 1.82) is 5.26 Å². The Morgan fingerprint density at radius 3 is 2.32 bits per heavy atom. The van der Waals surface area contributed by atoms with Gasteiger partial charge < -0.3 is 0 Å². The van der Waals surface area contributed by atoms with Gasteiger partial charge in [-0.15, -0.1) is 0 Å². The fourth-order valence-corrected chi connectivity index (χ4v) is 4.41.